The summed E-state index contributed by atoms with van der Waals surface area (Å²) in [5.41, 5.74) is 1.49. The fourth-order valence-electron chi connectivity index (χ4n) is 3.75. The molecular formula is C23H21ClF2N4O4. The van der Waals surface area contributed by atoms with Gasteiger partial charge in [-0.15, -0.1) is 0 Å². The number of amides is 1. The van der Waals surface area contributed by atoms with Crippen LogP contribution in [-0.4, -0.2) is 42.3 Å². The molecule has 3 aromatic rings. The third-order valence-electron chi connectivity index (χ3n) is 5.67. The van der Waals surface area contributed by atoms with Crippen molar-refractivity contribution in [1.29, 1.82) is 5.26 Å². The van der Waals surface area contributed by atoms with Crippen LogP contribution in [0.15, 0.2) is 45.6 Å². The van der Waals surface area contributed by atoms with Gasteiger partial charge < -0.3 is 19.8 Å². The number of aromatic nitrogens is 1. The standard InChI is InChI=1S/C23H21ClF2N4O4/c1-30-17-10-14(4-6-18(17)34-22(30)32)13-3-5-15(16(24)9-13)23(25,26)20(11-27)29-21(31)19-12-28-7-2-8-33-19/h3-6,9-10,19-20,28H,2,7-8,12H2,1H3,(H,29,31)/t19-,20+/m0/s1. The van der Waals surface area contributed by atoms with Gasteiger partial charge in [-0.2, -0.15) is 14.0 Å². The Morgan fingerprint density at radius 2 is 2.06 bits per heavy atom. The lowest BCUT2D eigenvalue weighted by Gasteiger charge is -2.25. The number of hydrogen-bond acceptors (Lipinski definition) is 6. The molecule has 2 heterocycles. The number of nitrogens with zero attached hydrogens (tertiary/aromatic N) is 2. The molecule has 0 spiro atoms. The topological polar surface area (TPSA) is 109 Å². The SMILES string of the molecule is Cn1c(=O)oc2ccc(-c3ccc(C(F)(F)[C@@H](C#N)NC(=O)[C@@H]4CNCCCO4)c(Cl)c3)cc21. The molecule has 0 bridgehead atoms. The van der Waals surface area contributed by atoms with E-state index in [-0.39, 0.29) is 11.6 Å². The van der Waals surface area contributed by atoms with Crippen LogP contribution in [-0.2, 0) is 22.5 Å². The number of benzene rings is 2. The van der Waals surface area contributed by atoms with E-state index in [1.165, 1.54) is 22.8 Å². The number of fused-ring (bicyclic) bond motifs is 1. The van der Waals surface area contributed by atoms with E-state index in [9.17, 15) is 14.9 Å². The van der Waals surface area contributed by atoms with Crippen molar-refractivity contribution in [2.45, 2.75) is 24.5 Å². The number of carbonyl (C=O) groups is 1. The molecule has 34 heavy (non-hydrogen) atoms. The largest absolute Gasteiger partial charge is 0.419 e. The highest BCUT2D eigenvalue weighted by Gasteiger charge is 2.45. The van der Waals surface area contributed by atoms with E-state index in [1.54, 1.807) is 25.2 Å². The maximum atomic E-state index is 15.3. The van der Waals surface area contributed by atoms with Crippen molar-refractivity contribution in [3.8, 4) is 17.2 Å². The Kier molecular flexibility index (Phi) is 6.70. The summed E-state index contributed by atoms with van der Waals surface area (Å²) >= 11 is 6.21. The Morgan fingerprint density at radius 1 is 1.32 bits per heavy atom. The lowest BCUT2D eigenvalue weighted by Crippen LogP contribution is -2.51. The summed E-state index contributed by atoms with van der Waals surface area (Å²) in [4.78, 5) is 24.1. The molecule has 178 valence electrons. The fourth-order valence-corrected chi connectivity index (χ4v) is 4.06. The van der Waals surface area contributed by atoms with E-state index in [0.717, 1.165) is 6.07 Å². The molecule has 1 fully saturated rings. The summed E-state index contributed by atoms with van der Waals surface area (Å²) in [6.07, 6.45) is -0.284. The summed E-state index contributed by atoms with van der Waals surface area (Å²) in [6, 6.07) is 8.19. The third kappa shape index (κ3) is 4.55. The molecule has 1 aliphatic rings. The molecule has 0 saturated carbocycles. The van der Waals surface area contributed by atoms with Crippen LogP contribution in [0.4, 0.5) is 8.78 Å². The van der Waals surface area contributed by atoms with Crippen LogP contribution in [0.1, 0.15) is 12.0 Å². The molecule has 1 aromatic heterocycles. The van der Waals surface area contributed by atoms with Crippen molar-refractivity contribution in [1.82, 2.24) is 15.2 Å². The van der Waals surface area contributed by atoms with E-state index in [4.69, 9.17) is 20.8 Å². The van der Waals surface area contributed by atoms with Gasteiger partial charge in [0.25, 0.3) is 5.91 Å². The van der Waals surface area contributed by atoms with Crippen molar-refractivity contribution >= 4 is 28.6 Å². The molecule has 4 rings (SSSR count). The molecule has 0 unspecified atom stereocenters. The van der Waals surface area contributed by atoms with Crippen LogP contribution >= 0.6 is 11.6 Å². The number of alkyl halides is 2. The Labute approximate surface area is 198 Å². The first-order chi connectivity index (χ1) is 16.2. The van der Waals surface area contributed by atoms with Gasteiger partial charge in [0.15, 0.2) is 11.6 Å². The highest BCUT2D eigenvalue weighted by molar-refractivity contribution is 6.31. The molecule has 11 heteroatoms. The zero-order valence-electron chi connectivity index (χ0n) is 18.1. The smallest absolute Gasteiger partial charge is 0.408 e. The summed E-state index contributed by atoms with van der Waals surface area (Å²) in [6.45, 7) is 1.12. The van der Waals surface area contributed by atoms with Crippen LogP contribution in [0.25, 0.3) is 22.2 Å². The second-order valence-electron chi connectivity index (χ2n) is 7.91. The average molecular weight is 491 g/mol. The monoisotopic (exact) mass is 490 g/mol. The Morgan fingerprint density at radius 3 is 2.79 bits per heavy atom. The number of oxazole rings is 1. The summed E-state index contributed by atoms with van der Waals surface area (Å²) in [5, 5.41) is 14.2. The zero-order valence-corrected chi connectivity index (χ0v) is 18.9. The molecule has 1 saturated heterocycles. The lowest BCUT2D eigenvalue weighted by molar-refractivity contribution is -0.135. The van der Waals surface area contributed by atoms with Crippen molar-refractivity contribution in [3.05, 3.63) is 57.5 Å². The molecule has 2 aromatic carbocycles. The number of halogens is 3. The van der Waals surface area contributed by atoms with Crippen molar-refractivity contribution in [2.75, 3.05) is 19.7 Å². The number of hydrogen-bond donors (Lipinski definition) is 2. The van der Waals surface area contributed by atoms with Gasteiger partial charge in [-0.3, -0.25) is 9.36 Å². The predicted molar refractivity (Wildman–Crippen MR) is 121 cm³/mol. The Bertz CT molecular complexity index is 1320. The molecule has 0 radical (unpaired) electrons. The number of carbonyl (C=O) groups excluding carboxylic acids is 1. The van der Waals surface area contributed by atoms with Gasteiger partial charge in [0.2, 0.25) is 0 Å². The number of ether oxygens (including phenoxy) is 1. The van der Waals surface area contributed by atoms with Crippen LogP contribution < -0.4 is 16.4 Å². The third-order valence-corrected chi connectivity index (χ3v) is 5.98. The van der Waals surface area contributed by atoms with Gasteiger partial charge in [-0.25, -0.2) is 4.79 Å². The Balaban J connectivity index is 1.59. The molecule has 0 aliphatic carbocycles. The first kappa shape index (κ1) is 23.9. The van der Waals surface area contributed by atoms with Gasteiger partial charge in [0.1, 0.15) is 6.10 Å². The van der Waals surface area contributed by atoms with Gasteiger partial charge in [0.05, 0.1) is 16.6 Å². The van der Waals surface area contributed by atoms with Crippen molar-refractivity contribution in [3.63, 3.8) is 0 Å². The van der Waals surface area contributed by atoms with E-state index < -0.39 is 35.3 Å². The highest BCUT2D eigenvalue weighted by atomic mass is 35.5. The molecule has 2 N–H and O–H groups in total. The second-order valence-corrected chi connectivity index (χ2v) is 8.32. The first-order valence-electron chi connectivity index (χ1n) is 10.5. The van der Waals surface area contributed by atoms with Crippen LogP contribution in [0, 0.1) is 11.3 Å². The number of nitriles is 1. The van der Waals surface area contributed by atoms with Gasteiger partial charge in [0, 0.05) is 25.8 Å². The van der Waals surface area contributed by atoms with Crippen molar-refractivity contribution < 1.29 is 22.7 Å². The summed E-state index contributed by atoms with van der Waals surface area (Å²) in [5.74, 6) is -5.08. The number of nitrogens with one attached hydrogen (secondary N) is 2. The van der Waals surface area contributed by atoms with E-state index in [2.05, 4.69) is 10.6 Å². The lowest BCUT2D eigenvalue weighted by atomic mass is 9.97. The minimum absolute atomic E-state index is 0.164. The average Bonchev–Trinajstić information content (AvgIpc) is 2.99. The Hall–Kier alpha value is -3.26. The highest BCUT2D eigenvalue weighted by Crippen LogP contribution is 2.38. The van der Waals surface area contributed by atoms with Crippen LogP contribution in [0.3, 0.4) is 0 Å². The predicted octanol–water partition coefficient (Wildman–Crippen LogP) is 2.93. The second kappa shape index (κ2) is 9.54. The fraction of sp³-hybridized carbons (Fsp3) is 0.348. The summed E-state index contributed by atoms with van der Waals surface area (Å²) < 4.78 is 42.3. The minimum Gasteiger partial charge on any atom is -0.408 e. The molecule has 2 atom stereocenters. The van der Waals surface area contributed by atoms with Gasteiger partial charge in [-0.1, -0.05) is 29.8 Å². The maximum Gasteiger partial charge on any atom is 0.419 e. The first-order valence-corrected chi connectivity index (χ1v) is 10.9. The molecule has 1 aliphatic heterocycles. The zero-order chi connectivity index (χ0) is 24.5. The van der Waals surface area contributed by atoms with Crippen molar-refractivity contribution in [2.24, 2.45) is 7.05 Å². The minimum atomic E-state index is -3.77. The number of aryl methyl sites for hydroxylation is 1. The van der Waals surface area contributed by atoms with E-state index in [1.807, 2.05) is 0 Å². The van der Waals surface area contributed by atoms with E-state index >= 15 is 8.78 Å². The quantitative estimate of drug-likeness (QED) is 0.569. The van der Waals surface area contributed by atoms with E-state index in [0.29, 0.717) is 41.8 Å². The normalized spacial score (nSPS) is 17.7. The van der Waals surface area contributed by atoms with Gasteiger partial charge in [-0.05, 0) is 42.3 Å². The van der Waals surface area contributed by atoms with Crippen LogP contribution in [0.5, 0.6) is 0 Å². The summed E-state index contributed by atoms with van der Waals surface area (Å²) in [7, 11) is 1.56. The molecule has 1 amide bonds. The van der Waals surface area contributed by atoms with Gasteiger partial charge >= 0.3 is 11.7 Å². The number of rotatable bonds is 5. The molecule has 8 nitrogen and oxygen atoms in total. The maximum absolute atomic E-state index is 15.3. The molecular weight excluding hydrogens is 470 g/mol. The van der Waals surface area contributed by atoms with Crippen LogP contribution in [0.2, 0.25) is 5.02 Å².